The van der Waals surface area contributed by atoms with Crippen molar-refractivity contribution in [3.8, 4) is 0 Å². The van der Waals surface area contributed by atoms with E-state index < -0.39 is 0 Å². The molecule has 0 aromatic heterocycles. The van der Waals surface area contributed by atoms with Crippen LogP contribution in [0.1, 0.15) is 45.4 Å². The van der Waals surface area contributed by atoms with Gasteiger partial charge in [0, 0.05) is 12.5 Å². The van der Waals surface area contributed by atoms with E-state index in [4.69, 9.17) is 4.74 Å². The number of rotatable bonds is 4. The molecule has 1 N–H and O–H groups in total. The zero-order valence-electron chi connectivity index (χ0n) is 10.3. The summed E-state index contributed by atoms with van der Waals surface area (Å²) >= 11 is 0. The van der Waals surface area contributed by atoms with E-state index in [9.17, 15) is 4.79 Å². The molecular formula is C13H23NO2. The highest BCUT2D eigenvalue weighted by Gasteiger charge is 2.41. The van der Waals surface area contributed by atoms with Crippen LogP contribution in [0.15, 0.2) is 0 Å². The molecule has 0 amide bonds. The first-order chi connectivity index (χ1) is 7.76. The monoisotopic (exact) mass is 225 g/mol. The van der Waals surface area contributed by atoms with E-state index in [0.29, 0.717) is 12.3 Å². The molecule has 1 saturated carbocycles. The minimum absolute atomic E-state index is 0.0742. The van der Waals surface area contributed by atoms with Crippen molar-refractivity contribution < 1.29 is 9.53 Å². The zero-order valence-corrected chi connectivity index (χ0v) is 10.3. The predicted octanol–water partition coefficient (Wildman–Crippen LogP) is 1.90. The van der Waals surface area contributed by atoms with Gasteiger partial charge >= 0.3 is 0 Å². The summed E-state index contributed by atoms with van der Waals surface area (Å²) in [5.41, 5.74) is 0.0742. The fourth-order valence-corrected chi connectivity index (χ4v) is 3.06. The molecule has 3 heteroatoms. The normalized spacial score (nSPS) is 28.4. The van der Waals surface area contributed by atoms with Crippen LogP contribution < -0.4 is 5.32 Å². The van der Waals surface area contributed by atoms with Crippen LogP contribution in [0.25, 0.3) is 0 Å². The van der Waals surface area contributed by atoms with Gasteiger partial charge in [-0.15, -0.1) is 0 Å². The van der Waals surface area contributed by atoms with Crippen LogP contribution in [0.3, 0.4) is 0 Å². The first kappa shape index (κ1) is 12.1. The van der Waals surface area contributed by atoms with Crippen molar-refractivity contribution in [2.45, 2.75) is 51.0 Å². The molecule has 16 heavy (non-hydrogen) atoms. The molecule has 3 nitrogen and oxygen atoms in total. The molecule has 1 heterocycles. The number of carbonyl (C=O) groups excluding carboxylic acids is 1. The lowest BCUT2D eigenvalue weighted by atomic mass is 9.82. The molecule has 92 valence electrons. The molecule has 1 saturated heterocycles. The van der Waals surface area contributed by atoms with Gasteiger partial charge in [0.1, 0.15) is 5.78 Å². The third-order valence-corrected chi connectivity index (χ3v) is 4.01. The van der Waals surface area contributed by atoms with Crippen molar-refractivity contribution in [1.29, 1.82) is 0 Å². The van der Waals surface area contributed by atoms with Crippen molar-refractivity contribution in [1.82, 2.24) is 5.32 Å². The van der Waals surface area contributed by atoms with Gasteiger partial charge in [-0.3, -0.25) is 4.79 Å². The smallest absolute Gasteiger partial charge is 0.149 e. The van der Waals surface area contributed by atoms with E-state index >= 15 is 0 Å². The third kappa shape index (κ3) is 2.64. The third-order valence-electron chi connectivity index (χ3n) is 4.01. The van der Waals surface area contributed by atoms with Crippen LogP contribution in [0.2, 0.25) is 0 Å². The molecule has 0 bridgehead atoms. The van der Waals surface area contributed by atoms with Crippen molar-refractivity contribution >= 4 is 5.78 Å². The quantitative estimate of drug-likeness (QED) is 0.794. The van der Waals surface area contributed by atoms with E-state index in [1.165, 1.54) is 12.8 Å². The average Bonchev–Trinajstić information content (AvgIpc) is 2.74. The van der Waals surface area contributed by atoms with Crippen molar-refractivity contribution in [3.05, 3.63) is 0 Å². The molecular weight excluding hydrogens is 202 g/mol. The van der Waals surface area contributed by atoms with Gasteiger partial charge in [-0.2, -0.15) is 0 Å². The number of likely N-dealkylation sites (N-methyl/N-ethyl adjacent to an activating group) is 1. The maximum Gasteiger partial charge on any atom is 0.149 e. The molecule has 1 spiro atoms. The standard InChI is InChI=1S/C13H23NO2/c1-2-14-10-12(15)11-5-8-16-13(9-11)6-3-4-7-13/h11,14H,2-10H2,1H3. The summed E-state index contributed by atoms with van der Waals surface area (Å²) < 4.78 is 5.94. The van der Waals surface area contributed by atoms with Gasteiger partial charge in [-0.05, 0) is 32.2 Å². The molecule has 2 fully saturated rings. The van der Waals surface area contributed by atoms with Crippen molar-refractivity contribution in [2.24, 2.45) is 5.92 Å². The Morgan fingerprint density at radius 1 is 1.44 bits per heavy atom. The van der Waals surface area contributed by atoms with Crippen LogP contribution in [0, 0.1) is 5.92 Å². The van der Waals surface area contributed by atoms with E-state index in [-0.39, 0.29) is 11.5 Å². The number of carbonyl (C=O) groups is 1. The average molecular weight is 225 g/mol. The SMILES string of the molecule is CCNCC(=O)C1CCOC2(CCCC2)C1. The molecule has 2 rings (SSSR count). The van der Waals surface area contributed by atoms with Crippen LogP contribution in [0.5, 0.6) is 0 Å². The Kier molecular flexibility index (Phi) is 3.98. The van der Waals surface area contributed by atoms with Gasteiger partial charge in [0.2, 0.25) is 0 Å². The topological polar surface area (TPSA) is 38.3 Å². The molecule has 0 radical (unpaired) electrons. The molecule has 1 aliphatic carbocycles. The first-order valence-corrected chi connectivity index (χ1v) is 6.63. The fourth-order valence-electron chi connectivity index (χ4n) is 3.06. The fraction of sp³-hybridized carbons (Fsp3) is 0.923. The second kappa shape index (κ2) is 5.28. The maximum atomic E-state index is 12.0. The second-order valence-corrected chi connectivity index (χ2v) is 5.17. The predicted molar refractivity (Wildman–Crippen MR) is 63.4 cm³/mol. The molecule has 2 aliphatic rings. The lowest BCUT2D eigenvalue weighted by molar-refractivity contribution is -0.135. The lowest BCUT2D eigenvalue weighted by Crippen LogP contribution is -2.41. The van der Waals surface area contributed by atoms with Crippen LogP contribution >= 0.6 is 0 Å². The first-order valence-electron chi connectivity index (χ1n) is 6.63. The maximum absolute atomic E-state index is 12.0. The summed E-state index contributed by atoms with van der Waals surface area (Å²) in [6, 6.07) is 0. The summed E-state index contributed by atoms with van der Waals surface area (Å²) in [5.74, 6) is 0.627. The highest BCUT2D eigenvalue weighted by atomic mass is 16.5. The van der Waals surface area contributed by atoms with Crippen LogP contribution in [-0.2, 0) is 9.53 Å². The zero-order chi connectivity index (χ0) is 11.4. The van der Waals surface area contributed by atoms with Gasteiger partial charge < -0.3 is 10.1 Å². The van der Waals surface area contributed by atoms with Gasteiger partial charge in [-0.1, -0.05) is 19.8 Å². The Morgan fingerprint density at radius 3 is 2.88 bits per heavy atom. The Balaban J connectivity index is 1.88. The lowest BCUT2D eigenvalue weighted by Gasteiger charge is -2.37. The number of nitrogens with one attached hydrogen (secondary N) is 1. The van der Waals surface area contributed by atoms with Gasteiger partial charge in [0.25, 0.3) is 0 Å². The van der Waals surface area contributed by atoms with Gasteiger partial charge in [0.05, 0.1) is 12.1 Å². The Bertz CT molecular complexity index is 246. The van der Waals surface area contributed by atoms with E-state index in [1.807, 2.05) is 6.92 Å². The van der Waals surface area contributed by atoms with Crippen molar-refractivity contribution in [2.75, 3.05) is 19.7 Å². The van der Waals surface area contributed by atoms with E-state index in [1.54, 1.807) is 0 Å². The Labute approximate surface area is 97.9 Å². The molecule has 1 aliphatic heterocycles. The van der Waals surface area contributed by atoms with Gasteiger partial charge in [0.15, 0.2) is 0 Å². The van der Waals surface area contributed by atoms with E-state index in [0.717, 1.165) is 38.8 Å². The van der Waals surface area contributed by atoms with Crippen molar-refractivity contribution in [3.63, 3.8) is 0 Å². The van der Waals surface area contributed by atoms with E-state index in [2.05, 4.69) is 5.32 Å². The largest absolute Gasteiger partial charge is 0.375 e. The Morgan fingerprint density at radius 2 is 2.19 bits per heavy atom. The minimum atomic E-state index is 0.0742. The highest BCUT2D eigenvalue weighted by Crippen LogP contribution is 2.42. The molecule has 1 atom stereocenters. The van der Waals surface area contributed by atoms with Crippen LogP contribution in [-0.4, -0.2) is 31.1 Å². The number of hydrogen-bond donors (Lipinski definition) is 1. The highest BCUT2D eigenvalue weighted by molar-refractivity contribution is 5.83. The Hall–Kier alpha value is -0.410. The summed E-state index contributed by atoms with van der Waals surface area (Å²) in [6.45, 7) is 4.23. The second-order valence-electron chi connectivity index (χ2n) is 5.17. The summed E-state index contributed by atoms with van der Waals surface area (Å²) in [6.07, 6.45) is 6.77. The number of hydrogen-bond acceptors (Lipinski definition) is 3. The summed E-state index contributed by atoms with van der Waals surface area (Å²) in [7, 11) is 0. The number of ketones is 1. The minimum Gasteiger partial charge on any atom is -0.375 e. The molecule has 1 unspecified atom stereocenters. The molecule has 0 aromatic carbocycles. The number of ether oxygens (including phenoxy) is 1. The summed E-state index contributed by atoms with van der Waals surface area (Å²) in [4.78, 5) is 12.0. The number of Topliss-reactive ketones (excluding diaryl/α,β-unsaturated/α-hetero) is 1. The summed E-state index contributed by atoms with van der Waals surface area (Å²) in [5, 5.41) is 3.13. The van der Waals surface area contributed by atoms with Gasteiger partial charge in [-0.25, -0.2) is 0 Å². The molecule has 0 aromatic rings. The van der Waals surface area contributed by atoms with Crippen LogP contribution in [0.4, 0.5) is 0 Å².